The van der Waals surface area contributed by atoms with E-state index in [1.807, 2.05) is 13.2 Å². The van der Waals surface area contributed by atoms with E-state index in [-0.39, 0.29) is 5.91 Å². The highest BCUT2D eigenvalue weighted by atomic mass is 16.1. The van der Waals surface area contributed by atoms with Crippen LogP contribution in [0.4, 0.5) is 5.69 Å². The van der Waals surface area contributed by atoms with E-state index in [4.69, 9.17) is 0 Å². The van der Waals surface area contributed by atoms with E-state index in [0.717, 1.165) is 11.3 Å². The Kier molecular flexibility index (Phi) is 3.30. The molecule has 0 aromatic carbocycles. The molecule has 0 saturated carbocycles. The molecule has 0 fully saturated rings. The van der Waals surface area contributed by atoms with E-state index in [1.165, 1.54) is 6.08 Å². The molecule has 2 aromatic rings. The van der Waals surface area contributed by atoms with Crippen molar-refractivity contribution < 1.29 is 4.79 Å². The van der Waals surface area contributed by atoms with Gasteiger partial charge in [-0.3, -0.25) is 14.5 Å². The molecule has 1 amide bonds. The third kappa shape index (κ3) is 3.27. The number of pyridine rings is 1. The van der Waals surface area contributed by atoms with Crippen molar-refractivity contribution in [1.82, 2.24) is 14.8 Å². The number of hydrogen-bond acceptors (Lipinski definition) is 3. The van der Waals surface area contributed by atoms with Crippen molar-refractivity contribution in [2.24, 2.45) is 7.05 Å². The molecule has 2 aromatic heterocycles. The summed E-state index contributed by atoms with van der Waals surface area (Å²) in [7, 11) is 1.83. The molecule has 0 aliphatic rings. The predicted octanol–water partition coefficient (Wildman–Crippen LogP) is 1.47. The minimum atomic E-state index is -0.181. The molecule has 0 saturated heterocycles. The molecule has 5 nitrogen and oxygen atoms in total. The molecule has 0 bridgehead atoms. The van der Waals surface area contributed by atoms with E-state index in [9.17, 15) is 4.79 Å². The van der Waals surface area contributed by atoms with Crippen LogP contribution in [0.5, 0.6) is 0 Å². The lowest BCUT2D eigenvalue weighted by molar-refractivity contribution is -0.111. The van der Waals surface area contributed by atoms with E-state index in [2.05, 4.69) is 15.4 Å². The SMILES string of the molecule is Cn1cc(/C=C\C(=O)Nc2ccncc2)cn1. The Morgan fingerprint density at radius 1 is 1.41 bits per heavy atom. The van der Waals surface area contributed by atoms with Gasteiger partial charge in [0, 0.05) is 43.0 Å². The van der Waals surface area contributed by atoms with Crippen LogP contribution in [-0.2, 0) is 11.8 Å². The van der Waals surface area contributed by atoms with Crippen LogP contribution in [0.3, 0.4) is 0 Å². The quantitative estimate of drug-likeness (QED) is 0.809. The number of aromatic nitrogens is 3. The molecule has 17 heavy (non-hydrogen) atoms. The monoisotopic (exact) mass is 228 g/mol. The van der Waals surface area contributed by atoms with Crippen molar-refractivity contribution in [3.8, 4) is 0 Å². The lowest BCUT2D eigenvalue weighted by Gasteiger charge is -1.99. The van der Waals surface area contributed by atoms with Crippen LogP contribution in [0.1, 0.15) is 5.56 Å². The largest absolute Gasteiger partial charge is 0.322 e. The summed E-state index contributed by atoms with van der Waals surface area (Å²) in [6, 6.07) is 3.46. The minimum Gasteiger partial charge on any atom is -0.322 e. The maximum Gasteiger partial charge on any atom is 0.248 e. The van der Waals surface area contributed by atoms with Gasteiger partial charge in [-0.15, -0.1) is 0 Å². The molecule has 0 radical (unpaired) electrons. The highest BCUT2D eigenvalue weighted by molar-refractivity contribution is 6.01. The number of carbonyl (C=O) groups is 1. The Hall–Kier alpha value is -2.43. The second-order valence-corrected chi connectivity index (χ2v) is 3.51. The van der Waals surface area contributed by atoms with Crippen LogP contribution < -0.4 is 5.32 Å². The Bertz CT molecular complexity index is 530. The standard InChI is InChI=1S/C12H12N4O/c1-16-9-10(8-14-16)2-3-12(17)15-11-4-6-13-7-5-11/h2-9H,1H3,(H,13,15,17)/b3-2-. The number of carbonyl (C=O) groups excluding carboxylic acids is 1. The van der Waals surface area contributed by atoms with Gasteiger partial charge in [-0.2, -0.15) is 5.10 Å². The summed E-state index contributed by atoms with van der Waals surface area (Å²) < 4.78 is 1.68. The summed E-state index contributed by atoms with van der Waals surface area (Å²) in [6.45, 7) is 0. The first-order valence-electron chi connectivity index (χ1n) is 5.12. The maximum atomic E-state index is 11.5. The molecule has 0 atom stereocenters. The van der Waals surface area contributed by atoms with Gasteiger partial charge in [-0.05, 0) is 18.2 Å². The van der Waals surface area contributed by atoms with Crippen molar-refractivity contribution in [2.45, 2.75) is 0 Å². The van der Waals surface area contributed by atoms with Gasteiger partial charge in [-0.25, -0.2) is 0 Å². The molecule has 0 aliphatic heterocycles. The number of nitrogens with zero attached hydrogens (tertiary/aromatic N) is 3. The zero-order valence-electron chi connectivity index (χ0n) is 9.37. The van der Waals surface area contributed by atoms with Gasteiger partial charge in [0.15, 0.2) is 0 Å². The summed E-state index contributed by atoms with van der Waals surface area (Å²) in [6.07, 6.45) is 9.95. The fourth-order valence-electron chi connectivity index (χ4n) is 1.32. The van der Waals surface area contributed by atoms with Gasteiger partial charge >= 0.3 is 0 Å². The zero-order chi connectivity index (χ0) is 12.1. The zero-order valence-corrected chi connectivity index (χ0v) is 9.37. The summed E-state index contributed by atoms with van der Waals surface area (Å²) in [4.78, 5) is 15.4. The lowest BCUT2D eigenvalue weighted by atomic mass is 10.3. The van der Waals surface area contributed by atoms with Gasteiger partial charge in [0.1, 0.15) is 0 Å². The molecule has 5 heteroatoms. The van der Waals surface area contributed by atoms with Crippen LogP contribution in [0.15, 0.2) is 43.0 Å². The topological polar surface area (TPSA) is 59.8 Å². The molecule has 2 heterocycles. The number of rotatable bonds is 3. The number of amides is 1. The normalized spacial score (nSPS) is 10.6. The number of anilines is 1. The fraction of sp³-hybridized carbons (Fsp3) is 0.0833. The van der Waals surface area contributed by atoms with Gasteiger partial charge in [-0.1, -0.05) is 0 Å². The Balaban J connectivity index is 1.96. The summed E-state index contributed by atoms with van der Waals surface area (Å²) in [5.74, 6) is -0.181. The van der Waals surface area contributed by atoms with Crippen molar-refractivity contribution in [1.29, 1.82) is 0 Å². The molecule has 0 unspecified atom stereocenters. The average molecular weight is 228 g/mol. The minimum absolute atomic E-state index is 0.181. The van der Waals surface area contributed by atoms with Crippen LogP contribution in [0.2, 0.25) is 0 Å². The van der Waals surface area contributed by atoms with Crippen molar-refractivity contribution in [3.63, 3.8) is 0 Å². The molecule has 0 spiro atoms. The first-order chi connectivity index (χ1) is 8.24. The molecule has 86 valence electrons. The van der Waals surface area contributed by atoms with Crippen LogP contribution in [-0.4, -0.2) is 20.7 Å². The van der Waals surface area contributed by atoms with Gasteiger partial charge < -0.3 is 5.32 Å². The molecule has 1 N–H and O–H groups in total. The van der Waals surface area contributed by atoms with Crippen LogP contribution in [0, 0.1) is 0 Å². The van der Waals surface area contributed by atoms with E-state index < -0.39 is 0 Å². The fourth-order valence-corrected chi connectivity index (χ4v) is 1.32. The number of nitrogens with one attached hydrogen (secondary N) is 1. The third-order valence-electron chi connectivity index (χ3n) is 2.10. The molecular weight excluding hydrogens is 216 g/mol. The van der Waals surface area contributed by atoms with Crippen molar-refractivity contribution in [3.05, 3.63) is 48.6 Å². The van der Waals surface area contributed by atoms with Crippen molar-refractivity contribution >= 4 is 17.7 Å². The smallest absolute Gasteiger partial charge is 0.248 e. The van der Waals surface area contributed by atoms with E-state index >= 15 is 0 Å². The van der Waals surface area contributed by atoms with Gasteiger partial charge in [0.05, 0.1) is 6.20 Å². The van der Waals surface area contributed by atoms with Gasteiger partial charge in [0.2, 0.25) is 5.91 Å². The number of aryl methyl sites for hydroxylation is 1. The first kappa shape index (κ1) is 11.1. The van der Waals surface area contributed by atoms with Crippen molar-refractivity contribution in [2.75, 3.05) is 5.32 Å². The second kappa shape index (κ2) is 5.07. The highest BCUT2D eigenvalue weighted by Gasteiger charge is 1.97. The van der Waals surface area contributed by atoms with Crippen LogP contribution >= 0.6 is 0 Å². The van der Waals surface area contributed by atoms with E-state index in [0.29, 0.717) is 0 Å². The molecule has 2 rings (SSSR count). The predicted molar refractivity (Wildman–Crippen MR) is 65.1 cm³/mol. The summed E-state index contributed by atoms with van der Waals surface area (Å²) >= 11 is 0. The Morgan fingerprint density at radius 3 is 2.82 bits per heavy atom. The average Bonchev–Trinajstić information content (AvgIpc) is 2.74. The third-order valence-corrected chi connectivity index (χ3v) is 2.10. The summed E-state index contributed by atoms with van der Waals surface area (Å²) in [5.41, 5.74) is 1.61. The number of hydrogen-bond donors (Lipinski definition) is 1. The Labute approximate surface area is 98.8 Å². The van der Waals surface area contributed by atoms with E-state index in [1.54, 1.807) is 41.5 Å². The molecular formula is C12H12N4O. The second-order valence-electron chi connectivity index (χ2n) is 3.51. The highest BCUT2D eigenvalue weighted by Crippen LogP contribution is 2.04. The molecule has 0 aliphatic carbocycles. The lowest BCUT2D eigenvalue weighted by Crippen LogP contribution is -2.07. The Morgan fingerprint density at radius 2 is 2.18 bits per heavy atom. The van der Waals surface area contributed by atoms with Gasteiger partial charge in [0.25, 0.3) is 0 Å². The maximum absolute atomic E-state index is 11.5. The van der Waals surface area contributed by atoms with Crippen LogP contribution in [0.25, 0.3) is 6.08 Å². The summed E-state index contributed by atoms with van der Waals surface area (Å²) in [5, 5.41) is 6.73. The first-order valence-corrected chi connectivity index (χ1v) is 5.12.